The Morgan fingerprint density at radius 1 is 1.64 bits per heavy atom. The number of hydrogen-bond acceptors (Lipinski definition) is 3. The molecule has 1 aliphatic carbocycles. The van der Waals surface area contributed by atoms with Crippen LogP contribution in [0.15, 0.2) is 17.8 Å². The van der Waals surface area contributed by atoms with Crippen molar-refractivity contribution >= 4 is 11.9 Å². The Hall–Kier alpha value is -0.900. The standard InChI is InChI=1S/C10H14N2OS/c1-8-6-12(14-2)11-10(8)13-7-9-4-3-5-9/h4,6H,3,5,7H2,1-2H3. The van der Waals surface area contributed by atoms with Crippen molar-refractivity contribution in [2.45, 2.75) is 19.8 Å². The second-order valence-corrected chi connectivity index (χ2v) is 4.13. The van der Waals surface area contributed by atoms with Crippen LogP contribution in [0.4, 0.5) is 0 Å². The summed E-state index contributed by atoms with van der Waals surface area (Å²) in [5.74, 6) is 0.757. The van der Waals surface area contributed by atoms with Crippen molar-refractivity contribution in [2.75, 3.05) is 12.9 Å². The molecule has 1 heterocycles. The number of rotatable bonds is 4. The number of aryl methyl sites for hydroxylation is 1. The first kappa shape index (κ1) is 9.65. The van der Waals surface area contributed by atoms with E-state index in [9.17, 15) is 0 Å². The van der Waals surface area contributed by atoms with E-state index in [2.05, 4.69) is 11.2 Å². The van der Waals surface area contributed by atoms with Gasteiger partial charge in [0.25, 0.3) is 0 Å². The fourth-order valence-corrected chi connectivity index (χ4v) is 1.71. The first-order valence-electron chi connectivity index (χ1n) is 4.71. The molecule has 0 aliphatic heterocycles. The SMILES string of the molecule is CSn1cc(C)c(OCC2=CCC2)n1. The highest BCUT2D eigenvalue weighted by Gasteiger charge is 2.09. The first-order chi connectivity index (χ1) is 6.79. The molecule has 76 valence electrons. The zero-order valence-corrected chi connectivity index (χ0v) is 9.30. The zero-order valence-electron chi connectivity index (χ0n) is 8.49. The Kier molecular flexibility index (Phi) is 2.82. The smallest absolute Gasteiger partial charge is 0.237 e. The average molecular weight is 210 g/mol. The molecule has 1 aromatic heterocycles. The number of aromatic nitrogens is 2. The number of hydrogen-bond donors (Lipinski definition) is 0. The van der Waals surface area contributed by atoms with Crippen molar-refractivity contribution in [3.8, 4) is 5.88 Å². The van der Waals surface area contributed by atoms with Gasteiger partial charge in [0.15, 0.2) is 0 Å². The van der Waals surface area contributed by atoms with Gasteiger partial charge < -0.3 is 4.74 Å². The lowest BCUT2D eigenvalue weighted by Crippen LogP contribution is -2.07. The predicted molar refractivity (Wildman–Crippen MR) is 58.7 cm³/mol. The maximum atomic E-state index is 5.61. The molecule has 0 saturated heterocycles. The molecule has 0 bridgehead atoms. The van der Waals surface area contributed by atoms with Crippen LogP contribution in [-0.2, 0) is 0 Å². The fourth-order valence-electron chi connectivity index (χ4n) is 1.29. The normalized spacial score (nSPS) is 14.9. The van der Waals surface area contributed by atoms with Crippen molar-refractivity contribution < 1.29 is 4.74 Å². The van der Waals surface area contributed by atoms with E-state index in [1.807, 2.05) is 23.5 Å². The Morgan fingerprint density at radius 2 is 2.43 bits per heavy atom. The molecule has 1 aliphatic rings. The minimum atomic E-state index is 0.701. The van der Waals surface area contributed by atoms with Crippen LogP contribution in [0.5, 0.6) is 5.88 Å². The van der Waals surface area contributed by atoms with Crippen LogP contribution < -0.4 is 4.74 Å². The summed E-state index contributed by atoms with van der Waals surface area (Å²) in [4.78, 5) is 0. The molecule has 14 heavy (non-hydrogen) atoms. The molecule has 0 spiro atoms. The average Bonchev–Trinajstić information content (AvgIpc) is 2.45. The molecule has 4 heteroatoms. The van der Waals surface area contributed by atoms with E-state index in [4.69, 9.17) is 4.74 Å². The molecule has 3 nitrogen and oxygen atoms in total. The van der Waals surface area contributed by atoms with Gasteiger partial charge in [-0.2, -0.15) is 0 Å². The quantitative estimate of drug-likeness (QED) is 0.714. The summed E-state index contributed by atoms with van der Waals surface area (Å²) in [5, 5.41) is 4.29. The summed E-state index contributed by atoms with van der Waals surface area (Å²) in [5.41, 5.74) is 2.49. The number of allylic oxidation sites excluding steroid dienone is 1. The van der Waals surface area contributed by atoms with E-state index in [1.54, 1.807) is 11.9 Å². The molecule has 0 amide bonds. The molecular weight excluding hydrogens is 196 g/mol. The second kappa shape index (κ2) is 4.09. The fraction of sp³-hybridized carbons (Fsp3) is 0.500. The highest BCUT2D eigenvalue weighted by molar-refractivity contribution is 7.97. The van der Waals surface area contributed by atoms with Gasteiger partial charge >= 0.3 is 0 Å². The summed E-state index contributed by atoms with van der Waals surface area (Å²) in [6, 6.07) is 0. The van der Waals surface area contributed by atoms with Crippen molar-refractivity contribution in [1.29, 1.82) is 0 Å². The van der Waals surface area contributed by atoms with Crippen LogP contribution in [0.25, 0.3) is 0 Å². The van der Waals surface area contributed by atoms with E-state index in [1.165, 1.54) is 18.4 Å². The van der Waals surface area contributed by atoms with Crippen LogP contribution in [0.1, 0.15) is 18.4 Å². The zero-order chi connectivity index (χ0) is 9.97. The van der Waals surface area contributed by atoms with Crippen LogP contribution in [0.2, 0.25) is 0 Å². The van der Waals surface area contributed by atoms with Crippen LogP contribution in [0.3, 0.4) is 0 Å². The number of nitrogens with zero attached hydrogens (tertiary/aromatic N) is 2. The minimum Gasteiger partial charge on any atom is -0.472 e. The van der Waals surface area contributed by atoms with E-state index in [0.717, 1.165) is 11.4 Å². The van der Waals surface area contributed by atoms with Crippen LogP contribution in [-0.4, -0.2) is 22.0 Å². The lowest BCUT2D eigenvalue weighted by molar-refractivity contribution is 0.325. The highest BCUT2D eigenvalue weighted by Crippen LogP contribution is 2.21. The third-order valence-electron chi connectivity index (χ3n) is 2.31. The lowest BCUT2D eigenvalue weighted by Gasteiger charge is -2.13. The Balaban J connectivity index is 1.97. The Bertz CT molecular complexity index is 357. The molecule has 0 atom stereocenters. The summed E-state index contributed by atoms with van der Waals surface area (Å²) in [7, 11) is 0. The molecule has 0 N–H and O–H groups in total. The van der Waals surface area contributed by atoms with Gasteiger partial charge in [-0.1, -0.05) is 6.08 Å². The molecule has 0 unspecified atom stereocenters. The van der Waals surface area contributed by atoms with Crippen LogP contribution in [0, 0.1) is 6.92 Å². The van der Waals surface area contributed by atoms with Gasteiger partial charge in [-0.05, 0) is 37.3 Å². The largest absolute Gasteiger partial charge is 0.472 e. The second-order valence-electron chi connectivity index (χ2n) is 3.39. The Labute approximate surface area is 88.3 Å². The third-order valence-corrected chi connectivity index (χ3v) is 2.87. The first-order valence-corrected chi connectivity index (χ1v) is 5.89. The maximum Gasteiger partial charge on any atom is 0.237 e. The van der Waals surface area contributed by atoms with Gasteiger partial charge in [0.2, 0.25) is 5.88 Å². The van der Waals surface area contributed by atoms with Crippen molar-refractivity contribution in [2.24, 2.45) is 0 Å². The van der Waals surface area contributed by atoms with E-state index in [0.29, 0.717) is 6.61 Å². The molecule has 2 rings (SSSR count). The summed E-state index contributed by atoms with van der Waals surface area (Å²) < 4.78 is 7.43. The predicted octanol–water partition coefficient (Wildman–Crippen LogP) is 2.42. The minimum absolute atomic E-state index is 0.701. The van der Waals surface area contributed by atoms with Gasteiger partial charge in [-0.15, -0.1) is 5.10 Å². The van der Waals surface area contributed by atoms with Gasteiger partial charge in [0.1, 0.15) is 6.61 Å². The Morgan fingerprint density at radius 3 is 2.93 bits per heavy atom. The van der Waals surface area contributed by atoms with Gasteiger partial charge in [-0.25, -0.2) is 4.09 Å². The van der Waals surface area contributed by atoms with Crippen LogP contribution >= 0.6 is 11.9 Å². The third kappa shape index (κ3) is 1.95. The van der Waals surface area contributed by atoms with E-state index in [-0.39, 0.29) is 0 Å². The summed E-state index contributed by atoms with van der Waals surface area (Å²) in [6.45, 7) is 2.72. The molecule has 0 aromatic carbocycles. The topological polar surface area (TPSA) is 27.1 Å². The maximum absolute atomic E-state index is 5.61. The lowest BCUT2D eigenvalue weighted by atomic mass is 10.0. The summed E-state index contributed by atoms with van der Waals surface area (Å²) in [6.07, 6.45) is 8.58. The van der Waals surface area contributed by atoms with Gasteiger partial charge in [0.05, 0.1) is 0 Å². The number of ether oxygens (including phenoxy) is 1. The van der Waals surface area contributed by atoms with Crippen molar-refractivity contribution in [3.63, 3.8) is 0 Å². The molecule has 0 saturated carbocycles. The molecule has 0 fully saturated rings. The van der Waals surface area contributed by atoms with Crippen molar-refractivity contribution in [1.82, 2.24) is 9.19 Å². The van der Waals surface area contributed by atoms with E-state index >= 15 is 0 Å². The summed E-state index contributed by atoms with van der Waals surface area (Å²) >= 11 is 1.57. The van der Waals surface area contributed by atoms with Crippen molar-refractivity contribution in [3.05, 3.63) is 23.4 Å². The van der Waals surface area contributed by atoms with Gasteiger partial charge in [0, 0.05) is 18.0 Å². The molecule has 0 radical (unpaired) electrons. The monoisotopic (exact) mass is 210 g/mol. The molecule has 1 aromatic rings. The molecular formula is C10H14N2OS. The van der Waals surface area contributed by atoms with E-state index < -0.39 is 0 Å². The van der Waals surface area contributed by atoms with Gasteiger partial charge in [-0.3, -0.25) is 0 Å². The highest BCUT2D eigenvalue weighted by atomic mass is 32.2.